The highest BCUT2D eigenvalue weighted by Crippen LogP contribution is 2.11. The standard InChI is InChI=1S/C15H17N3O2/c1-20-15-7-6-11(10-18-15)9-17-14(19)8-12-4-2-3-5-13(12)16/h2-7,10H,8-9,16H2,1H3,(H,17,19). The highest BCUT2D eigenvalue weighted by molar-refractivity contribution is 5.80. The highest BCUT2D eigenvalue weighted by Gasteiger charge is 2.06. The average Bonchev–Trinajstić information content (AvgIpc) is 2.48. The summed E-state index contributed by atoms with van der Waals surface area (Å²) in [6, 6.07) is 11.0. The van der Waals surface area contributed by atoms with E-state index in [1.807, 2.05) is 24.3 Å². The number of ether oxygens (including phenoxy) is 1. The normalized spacial score (nSPS) is 10.1. The number of amides is 1. The SMILES string of the molecule is COc1ccc(CNC(=O)Cc2ccccc2N)cn1. The van der Waals surface area contributed by atoms with Gasteiger partial charge >= 0.3 is 0 Å². The van der Waals surface area contributed by atoms with Crippen molar-refractivity contribution in [1.82, 2.24) is 10.3 Å². The number of nitrogens with two attached hydrogens (primary N) is 1. The molecule has 2 aromatic rings. The maximum atomic E-state index is 11.8. The van der Waals surface area contributed by atoms with Gasteiger partial charge in [-0.2, -0.15) is 0 Å². The van der Waals surface area contributed by atoms with Gasteiger partial charge in [-0.25, -0.2) is 4.98 Å². The molecule has 104 valence electrons. The van der Waals surface area contributed by atoms with Crippen molar-refractivity contribution in [2.45, 2.75) is 13.0 Å². The topological polar surface area (TPSA) is 77.2 Å². The summed E-state index contributed by atoms with van der Waals surface area (Å²) in [5.41, 5.74) is 8.19. The van der Waals surface area contributed by atoms with E-state index in [-0.39, 0.29) is 12.3 Å². The van der Waals surface area contributed by atoms with E-state index < -0.39 is 0 Å². The number of nitrogen functional groups attached to an aromatic ring is 1. The summed E-state index contributed by atoms with van der Waals surface area (Å²) in [6.45, 7) is 0.433. The van der Waals surface area contributed by atoms with Crippen molar-refractivity contribution in [2.75, 3.05) is 12.8 Å². The molecular formula is C15H17N3O2. The number of hydrogen-bond donors (Lipinski definition) is 2. The first-order valence-corrected chi connectivity index (χ1v) is 6.28. The zero-order valence-corrected chi connectivity index (χ0v) is 11.3. The molecule has 5 nitrogen and oxygen atoms in total. The fraction of sp³-hybridized carbons (Fsp3) is 0.200. The summed E-state index contributed by atoms with van der Waals surface area (Å²) in [4.78, 5) is 15.9. The molecule has 0 fully saturated rings. The zero-order chi connectivity index (χ0) is 14.4. The van der Waals surface area contributed by atoms with Crippen molar-refractivity contribution in [1.29, 1.82) is 0 Å². The van der Waals surface area contributed by atoms with Crippen LogP contribution in [0.4, 0.5) is 5.69 Å². The van der Waals surface area contributed by atoms with Crippen molar-refractivity contribution in [3.8, 4) is 5.88 Å². The lowest BCUT2D eigenvalue weighted by atomic mass is 10.1. The van der Waals surface area contributed by atoms with Crippen LogP contribution in [-0.4, -0.2) is 18.0 Å². The van der Waals surface area contributed by atoms with Gasteiger partial charge in [0.05, 0.1) is 13.5 Å². The van der Waals surface area contributed by atoms with E-state index in [9.17, 15) is 4.79 Å². The van der Waals surface area contributed by atoms with Crippen LogP contribution in [-0.2, 0) is 17.8 Å². The van der Waals surface area contributed by atoms with Crippen LogP contribution < -0.4 is 15.8 Å². The number of hydrogen-bond acceptors (Lipinski definition) is 4. The van der Waals surface area contributed by atoms with Crippen LogP contribution in [0, 0.1) is 0 Å². The Kier molecular flexibility index (Phi) is 4.55. The molecule has 1 aromatic heterocycles. The zero-order valence-electron chi connectivity index (χ0n) is 11.3. The lowest BCUT2D eigenvalue weighted by Gasteiger charge is -2.07. The monoisotopic (exact) mass is 271 g/mol. The first-order chi connectivity index (χ1) is 9.69. The Balaban J connectivity index is 1.87. The Hall–Kier alpha value is -2.56. The highest BCUT2D eigenvalue weighted by atomic mass is 16.5. The fourth-order valence-corrected chi connectivity index (χ4v) is 1.77. The summed E-state index contributed by atoms with van der Waals surface area (Å²) in [5.74, 6) is 0.482. The summed E-state index contributed by atoms with van der Waals surface area (Å²) >= 11 is 0. The Morgan fingerprint density at radius 2 is 2.10 bits per heavy atom. The molecule has 0 aliphatic carbocycles. The van der Waals surface area contributed by atoms with Gasteiger partial charge in [-0.15, -0.1) is 0 Å². The molecule has 5 heteroatoms. The van der Waals surface area contributed by atoms with Crippen molar-refractivity contribution >= 4 is 11.6 Å². The third kappa shape index (κ3) is 3.71. The molecule has 20 heavy (non-hydrogen) atoms. The molecule has 1 aromatic carbocycles. The summed E-state index contributed by atoms with van der Waals surface area (Å²) < 4.78 is 4.97. The second-order valence-electron chi connectivity index (χ2n) is 4.36. The molecule has 0 bridgehead atoms. The third-order valence-corrected chi connectivity index (χ3v) is 2.90. The number of benzene rings is 1. The van der Waals surface area contributed by atoms with Crippen LogP contribution in [0.25, 0.3) is 0 Å². The minimum atomic E-state index is -0.0706. The minimum absolute atomic E-state index is 0.0706. The third-order valence-electron chi connectivity index (χ3n) is 2.90. The van der Waals surface area contributed by atoms with Gasteiger partial charge in [0.1, 0.15) is 0 Å². The lowest BCUT2D eigenvalue weighted by molar-refractivity contribution is -0.120. The van der Waals surface area contributed by atoms with E-state index in [2.05, 4.69) is 10.3 Å². The van der Waals surface area contributed by atoms with E-state index in [1.165, 1.54) is 0 Å². The summed E-state index contributed by atoms with van der Waals surface area (Å²) in [6.07, 6.45) is 1.95. The number of para-hydroxylation sites is 1. The molecule has 0 atom stereocenters. The van der Waals surface area contributed by atoms with Crippen molar-refractivity contribution in [3.05, 3.63) is 53.7 Å². The number of anilines is 1. The average molecular weight is 271 g/mol. The van der Waals surface area contributed by atoms with Gasteiger partial charge in [0, 0.05) is 24.5 Å². The Morgan fingerprint density at radius 3 is 2.75 bits per heavy atom. The van der Waals surface area contributed by atoms with Crippen molar-refractivity contribution < 1.29 is 9.53 Å². The van der Waals surface area contributed by atoms with Crippen molar-refractivity contribution in [2.24, 2.45) is 0 Å². The first-order valence-electron chi connectivity index (χ1n) is 6.28. The number of aromatic nitrogens is 1. The van der Waals surface area contributed by atoms with Crippen LogP contribution >= 0.6 is 0 Å². The first kappa shape index (κ1) is 13.9. The molecule has 1 heterocycles. The minimum Gasteiger partial charge on any atom is -0.481 e. The number of carbonyl (C=O) groups excluding carboxylic acids is 1. The maximum Gasteiger partial charge on any atom is 0.224 e. The van der Waals surface area contributed by atoms with Crippen LogP contribution in [0.1, 0.15) is 11.1 Å². The summed E-state index contributed by atoms with van der Waals surface area (Å²) in [5, 5.41) is 2.84. The van der Waals surface area contributed by atoms with Crippen LogP contribution in [0.3, 0.4) is 0 Å². The molecule has 2 rings (SSSR count). The van der Waals surface area contributed by atoms with Crippen LogP contribution in [0.5, 0.6) is 5.88 Å². The van der Waals surface area contributed by atoms with Gasteiger partial charge in [-0.3, -0.25) is 4.79 Å². The molecule has 0 radical (unpaired) electrons. The van der Waals surface area contributed by atoms with E-state index in [0.29, 0.717) is 18.1 Å². The Labute approximate surface area is 117 Å². The van der Waals surface area contributed by atoms with Gasteiger partial charge in [-0.1, -0.05) is 24.3 Å². The van der Waals surface area contributed by atoms with Crippen LogP contribution in [0.15, 0.2) is 42.6 Å². The number of methoxy groups -OCH3 is 1. The van der Waals surface area contributed by atoms with E-state index in [4.69, 9.17) is 10.5 Å². The Morgan fingerprint density at radius 1 is 1.30 bits per heavy atom. The second-order valence-corrected chi connectivity index (χ2v) is 4.36. The number of pyridine rings is 1. The molecule has 3 N–H and O–H groups in total. The second kappa shape index (κ2) is 6.56. The lowest BCUT2D eigenvalue weighted by Crippen LogP contribution is -2.24. The summed E-state index contributed by atoms with van der Waals surface area (Å²) in [7, 11) is 1.56. The van der Waals surface area contributed by atoms with E-state index >= 15 is 0 Å². The predicted molar refractivity (Wildman–Crippen MR) is 77.2 cm³/mol. The van der Waals surface area contributed by atoms with E-state index in [0.717, 1.165) is 11.1 Å². The molecule has 0 saturated carbocycles. The maximum absolute atomic E-state index is 11.8. The van der Waals surface area contributed by atoms with Gasteiger partial charge in [0.15, 0.2) is 0 Å². The van der Waals surface area contributed by atoms with Crippen LogP contribution in [0.2, 0.25) is 0 Å². The van der Waals surface area contributed by atoms with E-state index in [1.54, 1.807) is 25.4 Å². The molecular weight excluding hydrogens is 254 g/mol. The molecule has 0 aliphatic heterocycles. The largest absolute Gasteiger partial charge is 0.481 e. The predicted octanol–water partition coefficient (Wildman–Crippen LogP) is 1.53. The number of nitrogens with zero attached hydrogens (tertiary/aromatic N) is 1. The van der Waals surface area contributed by atoms with Gasteiger partial charge in [0.25, 0.3) is 0 Å². The number of rotatable bonds is 5. The van der Waals surface area contributed by atoms with Gasteiger partial charge < -0.3 is 15.8 Å². The van der Waals surface area contributed by atoms with Crippen molar-refractivity contribution in [3.63, 3.8) is 0 Å². The van der Waals surface area contributed by atoms with Gasteiger partial charge in [-0.05, 0) is 17.2 Å². The van der Waals surface area contributed by atoms with Gasteiger partial charge in [0.2, 0.25) is 11.8 Å². The quantitative estimate of drug-likeness (QED) is 0.808. The molecule has 0 spiro atoms. The molecule has 0 saturated heterocycles. The molecule has 0 aliphatic rings. The smallest absolute Gasteiger partial charge is 0.224 e. The molecule has 0 unspecified atom stereocenters. The fourth-order valence-electron chi connectivity index (χ4n) is 1.77. The Bertz CT molecular complexity index is 582. The molecule has 1 amide bonds. The number of nitrogens with one attached hydrogen (secondary N) is 1. The number of carbonyl (C=O) groups is 1.